The van der Waals surface area contributed by atoms with Crippen LogP contribution in [0.3, 0.4) is 0 Å². The fraction of sp³-hybridized carbons (Fsp3) is 0.667. The van der Waals surface area contributed by atoms with E-state index < -0.39 is 5.92 Å². The molecule has 3 amide bonds. The second-order valence-electron chi connectivity index (χ2n) is 3.82. The molecule has 0 aromatic heterocycles. The number of carbonyl (C=O) groups excluding carboxylic acids is 3. The highest BCUT2D eigenvalue weighted by Gasteiger charge is 2.59. The van der Waals surface area contributed by atoms with E-state index in [0.29, 0.717) is 6.42 Å². The van der Waals surface area contributed by atoms with Gasteiger partial charge in [-0.2, -0.15) is 0 Å². The molecule has 2 rings (SSSR count). The lowest BCUT2D eigenvalue weighted by Crippen LogP contribution is -2.47. The van der Waals surface area contributed by atoms with Gasteiger partial charge in [-0.25, -0.2) is 0 Å². The molecule has 1 saturated heterocycles. The van der Waals surface area contributed by atoms with E-state index in [2.05, 4.69) is 5.32 Å². The molecule has 0 spiro atoms. The number of nitrogens with one attached hydrogen (secondary N) is 1. The summed E-state index contributed by atoms with van der Waals surface area (Å²) < 4.78 is 0. The van der Waals surface area contributed by atoms with Crippen molar-refractivity contribution in [2.75, 3.05) is 14.1 Å². The lowest BCUT2D eigenvalue weighted by molar-refractivity contribution is -0.142. The van der Waals surface area contributed by atoms with Crippen LogP contribution in [0.25, 0.3) is 0 Å². The summed E-state index contributed by atoms with van der Waals surface area (Å²) in [5.74, 6) is -1.42. The Morgan fingerprint density at radius 2 is 2.07 bits per heavy atom. The van der Waals surface area contributed by atoms with Gasteiger partial charge in [-0.15, -0.1) is 0 Å². The highest BCUT2D eigenvalue weighted by Crippen LogP contribution is 2.46. The van der Waals surface area contributed by atoms with Gasteiger partial charge in [0.05, 0.1) is 17.8 Å². The van der Waals surface area contributed by atoms with Crippen LogP contribution in [-0.4, -0.2) is 36.7 Å². The summed E-state index contributed by atoms with van der Waals surface area (Å²) in [7, 11) is 3.02. The number of amides is 3. The largest absolute Gasteiger partial charge is 0.359 e. The molecule has 0 unspecified atom stereocenters. The standard InChI is InChI=1S/C9H12N2O3/c1-10-7(12)4-3-5-6(4)9(14)11(2)8(5)13/h4-6H,3H2,1-2H3,(H,10,12)/t4-,5+,6-/m0/s1. The van der Waals surface area contributed by atoms with E-state index in [9.17, 15) is 14.4 Å². The van der Waals surface area contributed by atoms with Crippen LogP contribution in [0.4, 0.5) is 0 Å². The Bertz CT molecular complexity index is 326. The summed E-state index contributed by atoms with van der Waals surface area (Å²) in [6.45, 7) is 0. The first-order valence-electron chi connectivity index (χ1n) is 4.61. The zero-order valence-electron chi connectivity index (χ0n) is 8.11. The van der Waals surface area contributed by atoms with E-state index in [-0.39, 0.29) is 29.6 Å². The van der Waals surface area contributed by atoms with Gasteiger partial charge in [-0.3, -0.25) is 19.3 Å². The molecule has 76 valence electrons. The maximum Gasteiger partial charge on any atom is 0.233 e. The second-order valence-corrected chi connectivity index (χ2v) is 3.82. The SMILES string of the molecule is CNC(=O)[C@H]1C[C@H]2C(=O)N(C)C(=O)[C@@H]12. The van der Waals surface area contributed by atoms with E-state index in [4.69, 9.17) is 0 Å². The number of hydrogen-bond donors (Lipinski definition) is 1. The first-order chi connectivity index (χ1) is 6.57. The molecular formula is C9H12N2O3. The van der Waals surface area contributed by atoms with Gasteiger partial charge in [0.2, 0.25) is 17.7 Å². The van der Waals surface area contributed by atoms with Crippen molar-refractivity contribution in [3.05, 3.63) is 0 Å². The number of carbonyl (C=O) groups is 3. The zero-order chi connectivity index (χ0) is 10.5. The summed E-state index contributed by atoms with van der Waals surface area (Å²) in [4.78, 5) is 35.4. The predicted octanol–water partition coefficient (Wildman–Crippen LogP) is -1.02. The predicted molar refractivity (Wildman–Crippen MR) is 46.9 cm³/mol. The Morgan fingerprint density at radius 1 is 1.43 bits per heavy atom. The van der Waals surface area contributed by atoms with Gasteiger partial charge in [0.25, 0.3) is 0 Å². The molecular weight excluding hydrogens is 184 g/mol. The lowest BCUT2D eigenvalue weighted by atomic mass is 9.65. The zero-order valence-corrected chi connectivity index (χ0v) is 8.11. The number of rotatable bonds is 1. The Hall–Kier alpha value is -1.39. The average Bonchev–Trinajstić information content (AvgIpc) is 2.27. The topological polar surface area (TPSA) is 66.5 Å². The van der Waals surface area contributed by atoms with E-state index in [1.54, 1.807) is 7.05 Å². The molecule has 2 fully saturated rings. The summed E-state index contributed by atoms with van der Waals surface area (Å²) in [5, 5.41) is 2.51. The van der Waals surface area contributed by atoms with E-state index in [1.165, 1.54) is 7.05 Å². The minimum absolute atomic E-state index is 0.136. The lowest BCUT2D eigenvalue weighted by Gasteiger charge is -2.34. The second kappa shape index (κ2) is 2.80. The smallest absolute Gasteiger partial charge is 0.233 e. The van der Waals surface area contributed by atoms with Crippen molar-refractivity contribution in [2.45, 2.75) is 6.42 Å². The maximum atomic E-state index is 11.5. The number of fused-ring (bicyclic) bond motifs is 1. The van der Waals surface area contributed by atoms with Crippen LogP contribution < -0.4 is 5.32 Å². The van der Waals surface area contributed by atoms with Crippen LogP contribution in [0, 0.1) is 17.8 Å². The number of likely N-dealkylation sites (tertiary alicyclic amines) is 1. The normalized spacial score (nSPS) is 35.3. The number of imide groups is 1. The van der Waals surface area contributed by atoms with Crippen molar-refractivity contribution >= 4 is 17.7 Å². The Kier molecular flexibility index (Phi) is 1.83. The third-order valence-electron chi connectivity index (χ3n) is 3.22. The summed E-state index contributed by atoms with van der Waals surface area (Å²) in [6, 6.07) is 0. The van der Waals surface area contributed by atoms with E-state index in [0.717, 1.165) is 4.90 Å². The average molecular weight is 196 g/mol. The first kappa shape index (κ1) is 9.18. The third-order valence-corrected chi connectivity index (χ3v) is 3.22. The Morgan fingerprint density at radius 3 is 2.57 bits per heavy atom. The van der Waals surface area contributed by atoms with Crippen LogP contribution in [0.1, 0.15) is 6.42 Å². The molecule has 3 atom stereocenters. The number of nitrogens with zero attached hydrogens (tertiary/aromatic N) is 1. The van der Waals surface area contributed by atoms with Crippen molar-refractivity contribution in [2.24, 2.45) is 17.8 Å². The van der Waals surface area contributed by atoms with Gasteiger partial charge in [0, 0.05) is 14.1 Å². The van der Waals surface area contributed by atoms with Gasteiger partial charge >= 0.3 is 0 Å². The van der Waals surface area contributed by atoms with Crippen molar-refractivity contribution in [3.8, 4) is 0 Å². The minimum atomic E-state index is -0.396. The van der Waals surface area contributed by atoms with Crippen LogP contribution in [0.15, 0.2) is 0 Å². The fourth-order valence-corrected chi connectivity index (χ4v) is 2.29. The van der Waals surface area contributed by atoms with Gasteiger partial charge in [-0.05, 0) is 6.42 Å². The summed E-state index contributed by atoms with van der Waals surface area (Å²) in [6.07, 6.45) is 0.513. The van der Waals surface area contributed by atoms with E-state index >= 15 is 0 Å². The summed E-state index contributed by atoms with van der Waals surface area (Å²) in [5.41, 5.74) is 0. The van der Waals surface area contributed by atoms with Gasteiger partial charge < -0.3 is 5.32 Å². The molecule has 1 heterocycles. The third kappa shape index (κ3) is 0.921. The Balaban J connectivity index is 2.17. The number of hydrogen-bond acceptors (Lipinski definition) is 3. The molecule has 5 heteroatoms. The highest BCUT2D eigenvalue weighted by molar-refractivity contribution is 6.08. The van der Waals surface area contributed by atoms with Crippen molar-refractivity contribution in [1.82, 2.24) is 10.2 Å². The molecule has 5 nitrogen and oxygen atoms in total. The molecule has 1 saturated carbocycles. The quantitative estimate of drug-likeness (QED) is 0.546. The van der Waals surface area contributed by atoms with E-state index in [1.807, 2.05) is 0 Å². The van der Waals surface area contributed by atoms with Crippen molar-refractivity contribution in [3.63, 3.8) is 0 Å². The molecule has 0 aromatic carbocycles. The van der Waals surface area contributed by atoms with Crippen LogP contribution in [0.5, 0.6) is 0 Å². The van der Waals surface area contributed by atoms with Crippen molar-refractivity contribution in [1.29, 1.82) is 0 Å². The minimum Gasteiger partial charge on any atom is -0.359 e. The molecule has 0 aromatic rings. The maximum absolute atomic E-state index is 11.5. The Labute approximate surface area is 81.4 Å². The van der Waals surface area contributed by atoms with Crippen LogP contribution in [-0.2, 0) is 14.4 Å². The molecule has 1 aliphatic carbocycles. The van der Waals surface area contributed by atoms with Crippen LogP contribution in [0.2, 0.25) is 0 Å². The summed E-state index contributed by atoms with van der Waals surface area (Å²) >= 11 is 0. The highest BCUT2D eigenvalue weighted by atomic mass is 16.2. The first-order valence-corrected chi connectivity index (χ1v) is 4.61. The molecule has 1 aliphatic heterocycles. The van der Waals surface area contributed by atoms with Gasteiger partial charge in [-0.1, -0.05) is 0 Å². The molecule has 2 aliphatic rings. The van der Waals surface area contributed by atoms with Crippen LogP contribution >= 0.6 is 0 Å². The molecule has 0 radical (unpaired) electrons. The molecule has 1 N–H and O–H groups in total. The molecule has 14 heavy (non-hydrogen) atoms. The van der Waals surface area contributed by atoms with Crippen molar-refractivity contribution < 1.29 is 14.4 Å². The monoisotopic (exact) mass is 196 g/mol. The fourth-order valence-electron chi connectivity index (χ4n) is 2.29. The van der Waals surface area contributed by atoms with Gasteiger partial charge in [0.1, 0.15) is 0 Å². The molecule has 0 bridgehead atoms. The van der Waals surface area contributed by atoms with Gasteiger partial charge in [0.15, 0.2) is 0 Å².